The number of ketones is 1. The summed E-state index contributed by atoms with van der Waals surface area (Å²) in [6, 6.07) is 7.34. The summed E-state index contributed by atoms with van der Waals surface area (Å²) in [4.78, 5) is 11.3. The molecule has 0 radical (unpaired) electrons. The van der Waals surface area contributed by atoms with Crippen LogP contribution < -0.4 is 5.32 Å². The van der Waals surface area contributed by atoms with E-state index in [1.54, 1.807) is 13.0 Å². The minimum absolute atomic E-state index is 0.0411. The average Bonchev–Trinajstić information content (AvgIpc) is 2.30. The lowest BCUT2D eigenvalue weighted by Crippen LogP contribution is -2.39. The van der Waals surface area contributed by atoms with Crippen molar-refractivity contribution in [3.8, 4) is 0 Å². The lowest BCUT2D eigenvalue weighted by molar-refractivity contribution is 0.00591. The summed E-state index contributed by atoms with van der Waals surface area (Å²) >= 11 is 0. The fraction of sp³-hybridized carbons (Fsp3) is 0.462. The molecule has 0 atom stereocenters. The van der Waals surface area contributed by atoms with Crippen molar-refractivity contribution in [1.29, 1.82) is 0 Å². The van der Waals surface area contributed by atoms with Gasteiger partial charge in [0.05, 0.1) is 5.60 Å². The fourth-order valence-electron chi connectivity index (χ4n) is 2.16. The quantitative estimate of drug-likeness (QED) is 0.740. The molecule has 1 saturated heterocycles. The molecule has 1 aliphatic rings. The SMILES string of the molecule is CC(=O)c1cccc(C2(O)CCNCC2)c1. The summed E-state index contributed by atoms with van der Waals surface area (Å²) in [7, 11) is 0. The Morgan fingerprint density at radius 3 is 2.69 bits per heavy atom. The van der Waals surface area contributed by atoms with Crippen molar-refractivity contribution in [3.05, 3.63) is 35.4 Å². The Labute approximate surface area is 95.5 Å². The number of Topliss-reactive ketones (excluding diaryl/α,β-unsaturated/α-hetero) is 1. The Hall–Kier alpha value is -1.19. The molecular formula is C13H17NO2. The first-order chi connectivity index (χ1) is 7.62. The van der Waals surface area contributed by atoms with Crippen LogP contribution in [0.5, 0.6) is 0 Å². The van der Waals surface area contributed by atoms with E-state index in [2.05, 4.69) is 5.32 Å². The molecule has 1 heterocycles. The zero-order valence-corrected chi connectivity index (χ0v) is 9.49. The maximum Gasteiger partial charge on any atom is 0.159 e. The van der Waals surface area contributed by atoms with Crippen LogP contribution in [-0.2, 0) is 5.60 Å². The molecule has 3 nitrogen and oxygen atoms in total. The third-order valence-corrected chi connectivity index (χ3v) is 3.24. The summed E-state index contributed by atoms with van der Waals surface area (Å²) in [5.74, 6) is 0.0411. The van der Waals surface area contributed by atoms with Crippen LogP contribution >= 0.6 is 0 Å². The van der Waals surface area contributed by atoms with Crippen molar-refractivity contribution in [2.45, 2.75) is 25.4 Å². The molecule has 3 heteroatoms. The number of aliphatic hydroxyl groups is 1. The molecule has 0 saturated carbocycles. The van der Waals surface area contributed by atoms with Gasteiger partial charge in [0, 0.05) is 5.56 Å². The van der Waals surface area contributed by atoms with Crippen molar-refractivity contribution in [1.82, 2.24) is 5.32 Å². The smallest absolute Gasteiger partial charge is 0.159 e. The van der Waals surface area contributed by atoms with Gasteiger partial charge in [0.15, 0.2) is 5.78 Å². The molecule has 1 aromatic rings. The monoisotopic (exact) mass is 219 g/mol. The highest BCUT2D eigenvalue weighted by Gasteiger charge is 2.31. The normalized spacial score (nSPS) is 19.4. The molecule has 86 valence electrons. The van der Waals surface area contributed by atoms with Gasteiger partial charge in [-0.25, -0.2) is 0 Å². The number of benzene rings is 1. The maximum absolute atomic E-state index is 11.3. The zero-order valence-electron chi connectivity index (χ0n) is 9.49. The lowest BCUT2D eigenvalue weighted by atomic mass is 9.84. The number of piperidine rings is 1. The predicted molar refractivity (Wildman–Crippen MR) is 62.4 cm³/mol. The Kier molecular flexibility index (Phi) is 3.08. The minimum atomic E-state index is -0.767. The van der Waals surface area contributed by atoms with E-state index in [1.165, 1.54) is 0 Å². The van der Waals surface area contributed by atoms with E-state index >= 15 is 0 Å². The highest BCUT2D eigenvalue weighted by Crippen LogP contribution is 2.30. The zero-order chi connectivity index (χ0) is 11.6. The van der Waals surface area contributed by atoms with Crippen LogP contribution in [-0.4, -0.2) is 24.0 Å². The molecule has 2 N–H and O–H groups in total. The van der Waals surface area contributed by atoms with E-state index < -0.39 is 5.60 Å². The van der Waals surface area contributed by atoms with Gasteiger partial charge in [0.2, 0.25) is 0 Å². The van der Waals surface area contributed by atoms with Crippen molar-refractivity contribution in [2.75, 3.05) is 13.1 Å². The van der Waals surface area contributed by atoms with Crippen LogP contribution in [0, 0.1) is 0 Å². The van der Waals surface area contributed by atoms with E-state index in [0.717, 1.165) is 18.7 Å². The number of rotatable bonds is 2. The summed E-state index contributed by atoms with van der Waals surface area (Å²) in [6.45, 7) is 3.19. The average molecular weight is 219 g/mol. The first kappa shape index (κ1) is 11.3. The van der Waals surface area contributed by atoms with Crippen LogP contribution in [0.2, 0.25) is 0 Å². The molecule has 0 aromatic heterocycles. The van der Waals surface area contributed by atoms with E-state index in [9.17, 15) is 9.90 Å². The maximum atomic E-state index is 11.3. The molecule has 1 aromatic carbocycles. The first-order valence-corrected chi connectivity index (χ1v) is 5.66. The van der Waals surface area contributed by atoms with Crippen LogP contribution in [0.15, 0.2) is 24.3 Å². The highest BCUT2D eigenvalue weighted by molar-refractivity contribution is 5.94. The lowest BCUT2D eigenvalue weighted by Gasteiger charge is -2.33. The predicted octanol–water partition coefficient (Wildman–Crippen LogP) is 1.46. The van der Waals surface area contributed by atoms with Crippen LogP contribution in [0.3, 0.4) is 0 Å². The molecule has 1 fully saturated rings. The van der Waals surface area contributed by atoms with Gasteiger partial charge in [-0.1, -0.05) is 18.2 Å². The van der Waals surface area contributed by atoms with E-state index in [1.807, 2.05) is 18.2 Å². The van der Waals surface area contributed by atoms with Gasteiger partial charge < -0.3 is 10.4 Å². The summed E-state index contributed by atoms with van der Waals surface area (Å²) in [5.41, 5.74) is 0.766. The summed E-state index contributed by atoms with van der Waals surface area (Å²) in [6.07, 6.45) is 1.41. The first-order valence-electron chi connectivity index (χ1n) is 5.66. The second kappa shape index (κ2) is 4.36. The molecule has 2 rings (SSSR count). The molecule has 0 bridgehead atoms. The summed E-state index contributed by atoms with van der Waals surface area (Å²) < 4.78 is 0. The van der Waals surface area contributed by atoms with Gasteiger partial charge in [0.1, 0.15) is 0 Å². The largest absolute Gasteiger partial charge is 0.385 e. The molecular weight excluding hydrogens is 202 g/mol. The minimum Gasteiger partial charge on any atom is -0.385 e. The molecule has 0 amide bonds. The van der Waals surface area contributed by atoms with E-state index in [-0.39, 0.29) is 5.78 Å². The van der Waals surface area contributed by atoms with Crippen molar-refractivity contribution >= 4 is 5.78 Å². The second-order valence-corrected chi connectivity index (χ2v) is 4.42. The second-order valence-electron chi connectivity index (χ2n) is 4.42. The Morgan fingerprint density at radius 2 is 2.06 bits per heavy atom. The Balaban J connectivity index is 2.31. The van der Waals surface area contributed by atoms with Crippen LogP contribution in [0.25, 0.3) is 0 Å². The Bertz CT molecular complexity index is 395. The molecule has 0 unspecified atom stereocenters. The fourth-order valence-corrected chi connectivity index (χ4v) is 2.16. The molecule has 0 aliphatic carbocycles. The standard InChI is InChI=1S/C13H17NO2/c1-10(15)11-3-2-4-12(9-11)13(16)5-7-14-8-6-13/h2-4,9,14,16H,5-8H2,1H3. The van der Waals surface area contributed by atoms with E-state index in [0.29, 0.717) is 18.4 Å². The number of hydrogen-bond acceptors (Lipinski definition) is 3. The van der Waals surface area contributed by atoms with E-state index in [4.69, 9.17) is 0 Å². The number of hydrogen-bond donors (Lipinski definition) is 2. The third-order valence-electron chi connectivity index (χ3n) is 3.24. The van der Waals surface area contributed by atoms with Gasteiger partial charge in [-0.05, 0) is 44.5 Å². The van der Waals surface area contributed by atoms with Crippen molar-refractivity contribution < 1.29 is 9.90 Å². The van der Waals surface area contributed by atoms with Gasteiger partial charge >= 0.3 is 0 Å². The number of nitrogens with one attached hydrogen (secondary N) is 1. The molecule has 16 heavy (non-hydrogen) atoms. The molecule has 1 aliphatic heterocycles. The Morgan fingerprint density at radius 1 is 1.38 bits per heavy atom. The third kappa shape index (κ3) is 2.15. The van der Waals surface area contributed by atoms with Gasteiger partial charge in [-0.3, -0.25) is 4.79 Å². The van der Waals surface area contributed by atoms with Gasteiger partial charge in [-0.2, -0.15) is 0 Å². The van der Waals surface area contributed by atoms with Crippen molar-refractivity contribution in [2.24, 2.45) is 0 Å². The molecule has 0 spiro atoms. The van der Waals surface area contributed by atoms with Gasteiger partial charge in [-0.15, -0.1) is 0 Å². The number of carbonyl (C=O) groups is 1. The summed E-state index contributed by atoms with van der Waals surface area (Å²) in [5, 5.41) is 13.7. The highest BCUT2D eigenvalue weighted by atomic mass is 16.3. The number of carbonyl (C=O) groups excluding carboxylic acids is 1. The van der Waals surface area contributed by atoms with Crippen LogP contribution in [0.1, 0.15) is 35.7 Å². The van der Waals surface area contributed by atoms with Gasteiger partial charge in [0.25, 0.3) is 0 Å². The van der Waals surface area contributed by atoms with Crippen LogP contribution in [0.4, 0.5) is 0 Å². The topological polar surface area (TPSA) is 49.3 Å². The van der Waals surface area contributed by atoms with Crippen molar-refractivity contribution in [3.63, 3.8) is 0 Å².